The van der Waals surface area contributed by atoms with Crippen LogP contribution in [0.3, 0.4) is 0 Å². The minimum Gasteiger partial charge on any atom is -0.462 e. The molecule has 0 spiro atoms. The van der Waals surface area contributed by atoms with E-state index in [2.05, 4.69) is 72.8 Å². The molecule has 0 fully saturated rings. The summed E-state index contributed by atoms with van der Waals surface area (Å²) in [5.74, 6) is 0.0832. The van der Waals surface area contributed by atoms with E-state index < -0.39 is 97.5 Å². The lowest BCUT2D eigenvalue weighted by atomic mass is 10.0. The summed E-state index contributed by atoms with van der Waals surface area (Å²) in [6.45, 7) is 11.8. The predicted octanol–water partition coefficient (Wildman–Crippen LogP) is 21.0. The Morgan fingerprint density at radius 3 is 0.871 bits per heavy atom. The van der Waals surface area contributed by atoms with Crippen LogP contribution in [0.2, 0.25) is 0 Å². The van der Waals surface area contributed by atoms with Crippen LogP contribution in [0, 0.1) is 17.8 Å². The first-order valence-corrected chi connectivity index (χ1v) is 40.7. The molecule has 5 atom stereocenters. The summed E-state index contributed by atoms with van der Waals surface area (Å²) < 4.78 is 68.4. The van der Waals surface area contributed by atoms with Gasteiger partial charge in [-0.25, -0.2) is 9.13 Å². The van der Waals surface area contributed by atoms with Crippen LogP contribution in [0.4, 0.5) is 0 Å². The van der Waals surface area contributed by atoms with Crippen LogP contribution >= 0.6 is 15.6 Å². The molecule has 19 heteroatoms. The van der Waals surface area contributed by atoms with Crippen LogP contribution in [-0.4, -0.2) is 96.7 Å². The Kier molecular flexibility index (Phi) is 62.5. The number of aliphatic hydroxyl groups excluding tert-OH is 1. The lowest BCUT2D eigenvalue weighted by molar-refractivity contribution is -0.161. The number of carbonyl (C=O) groups excluding carboxylic acids is 4. The molecule has 548 valence electrons. The largest absolute Gasteiger partial charge is 0.472 e. The fourth-order valence-electron chi connectivity index (χ4n) is 10.7. The number of aliphatic hydroxyl groups is 1. The van der Waals surface area contributed by atoms with Gasteiger partial charge in [0, 0.05) is 25.7 Å². The van der Waals surface area contributed by atoms with E-state index in [9.17, 15) is 43.2 Å². The summed E-state index contributed by atoms with van der Waals surface area (Å²) in [7, 11) is -9.92. The van der Waals surface area contributed by atoms with Gasteiger partial charge in [0.1, 0.15) is 19.3 Å². The summed E-state index contributed by atoms with van der Waals surface area (Å²) in [6.07, 6.45) is 52.2. The van der Waals surface area contributed by atoms with Crippen LogP contribution in [0.25, 0.3) is 0 Å². The van der Waals surface area contributed by atoms with Gasteiger partial charge in [0.05, 0.1) is 26.4 Å². The van der Waals surface area contributed by atoms with Crippen LogP contribution in [-0.2, 0) is 65.4 Å². The lowest BCUT2D eigenvalue weighted by Gasteiger charge is -2.21. The van der Waals surface area contributed by atoms with Gasteiger partial charge in [-0.05, 0) is 69.1 Å². The number of unbranched alkanes of at least 4 members (excludes halogenated alkanes) is 35. The highest BCUT2D eigenvalue weighted by atomic mass is 31.2. The number of ether oxygens (including phenoxy) is 4. The Balaban J connectivity index is 5.29. The van der Waals surface area contributed by atoms with Gasteiger partial charge >= 0.3 is 39.5 Å². The molecule has 0 radical (unpaired) electrons. The molecule has 3 unspecified atom stereocenters. The van der Waals surface area contributed by atoms with Gasteiger partial charge in [-0.1, -0.05) is 297 Å². The van der Waals surface area contributed by atoms with Crippen LogP contribution in [0.15, 0.2) is 24.3 Å². The summed E-state index contributed by atoms with van der Waals surface area (Å²) in [5, 5.41) is 10.6. The molecule has 0 aromatic carbocycles. The molecular weight excluding hydrogens is 1220 g/mol. The number of carbonyl (C=O) groups is 4. The Hall–Kier alpha value is -2.46. The molecule has 0 aliphatic carbocycles. The zero-order chi connectivity index (χ0) is 68.7. The van der Waals surface area contributed by atoms with E-state index in [1.165, 1.54) is 141 Å². The van der Waals surface area contributed by atoms with Crippen molar-refractivity contribution >= 4 is 39.5 Å². The maximum absolute atomic E-state index is 13.1. The summed E-state index contributed by atoms with van der Waals surface area (Å²) in [5.41, 5.74) is 0. The van der Waals surface area contributed by atoms with Crippen LogP contribution < -0.4 is 0 Å². The summed E-state index contributed by atoms with van der Waals surface area (Å²) in [6, 6.07) is 0. The zero-order valence-electron chi connectivity index (χ0n) is 60.2. The maximum atomic E-state index is 13.1. The van der Waals surface area contributed by atoms with Gasteiger partial charge < -0.3 is 33.8 Å². The Morgan fingerprint density at radius 2 is 0.581 bits per heavy atom. The van der Waals surface area contributed by atoms with E-state index in [4.69, 9.17) is 37.0 Å². The second-order valence-electron chi connectivity index (χ2n) is 27.4. The monoisotopic (exact) mass is 1360 g/mol. The average molecular weight is 1360 g/mol. The van der Waals surface area contributed by atoms with E-state index in [1.807, 2.05) is 0 Å². The van der Waals surface area contributed by atoms with E-state index >= 15 is 0 Å². The minimum absolute atomic E-state index is 0.0839. The van der Waals surface area contributed by atoms with Gasteiger partial charge in [-0.15, -0.1) is 0 Å². The maximum Gasteiger partial charge on any atom is 0.472 e. The van der Waals surface area contributed by atoms with Crippen molar-refractivity contribution in [2.24, 2.45) is 17.8 Å². The minimum atomic E-state index is -4.96. The highest BCUT2D eigenvalue weighted by Gasteiger charge is 2.30. The number of hydrogen-bond acceptors (Lipinski definition) is 15. The molecule has 17 nitrogen and oxygen atoms in total. The molecule has 93 heavy (non-hydrogen) atoms. The lowest BCUT2D eigenvalue weighted by Crippen LogP contribution is -2.30. The van der Waals surface area contributed by atoms with Crippen molar-refractivity contribution in [3.63, 3.8) is 0 Å². The molecule has 0 amide bonds. The van der Waals surface area contributed by atoms with Crippen LogP contribution in [0.1, 0.15) is 350 Å². The van der Waals surface area contributed by atoms with Gasteiger partial charge in [0.25, 0.3) is 0 Å². The quantitative estimate of drug-likeness (QED) is 0.0169. The Morgan fingerprint density at radius 1 is 0.333 bits per heavy atom. The van der Waals surface area contributed by atoms with Crippen molar-refractivity contribution in [3.8, 4) is 0 Å². The first-order valence-electron chi connectivity index (χ1n) is 37.7. The number of rotatable bonds is 70. The van der Waals surface area contributed by atoms with Gasteiger partial charge in [0.15, 0.2) is 12.2 Å². The first-order chi connectivity index (χ1) is 44.7. The molecule has 0 aromatic heterocycles. The Labute approximate surface area is 567 Å². The SMILES string of the molecule is CCCCCC/C=C\C=C/CCCCCCCC(=O)O[C@H](COC(=O)CCCCCCCCCC(C)C)COP(=O)(O)OCC(O)COP(=O)(O)OC[C@@H](COC(=O)CCCCCCCCCCCCCC(C)C)OC(=O)CCCCCCCCCCCCCC(C)C. The molecule has 0 aromatic rings. The fraction of sp³-hybridized carbons (Fsp3) is 0.892. The number of esters is 4. The number of allylic oxidation sites excluding steroid dienone is 4. The fourth-order valence-corrected chi connectivity index (χ4v) is 12.3. The molecule has 0 aliphatic rings. The highest BCUT2D eigenvalue weighted by Crippen LogP contribution is 2.45. The van der Waals surface area contributed by atoms with Crippen molar-refractivity contribution in [2.75, 3.05) is 39.6 Å². The van der Waals surface area contributed by atoms with E-state index in [0.29, 0.717) is 31.6 Å². The van der Waals surface area contributed by atoms with E-state index in [-0.39, 0.29) is 25.7 Å². The molecular formula is C74H140O17P2. The molecule has 0 rings (SSSR count). The molecule has 0 saturated carbocycles. The summed E-state index contributed by atoms with van der Waals surface area (Å²) >= 11 is 0. The van der Waals surface area contributed by atoms with Gasteiger partial charge in [0.2, 0.25) is 0 Å². The van der Waals surface area contributed by atoms with E-state index in [0.717, 1.165) is 121 Å². The second kappa shape index (κ2) is 64.2. The second-order valence-corrected chi connectivity index (χ2v) is 30.3. The standard InChI is InChI=1S/C74H140O17P2/c1-8-9-10-11-12-13-14-15-16-17-22-28-35-43-50-57-73(78)91-70(62-85-72(77)56-49-42-37-30-33-40-47-54-67(6)7)64-89-93(82,83)87-60-68(75)59-86-92(80,81)88-63-69(90-74(79)58-51-44-36-29-24-19-21-26-32-39-46-53-66(4)5)61-84-71(76)55-48-41-34-27-23-18-20-25-31-38-45-52-65(2)3/h13-16,65-70,75H,8-12,17-64H2,1-7H3,(H,80,81)(H,82,83)/b14-13-,16-15-/t68?,69-,70-/m1/s1. The molecule has 0 heterocycles. The van der Waals surface area contributed by atoms with Crippen LogP contribution in [0.5, 0.6) is 0 Å². The van der Waals surface area contributed by atoms with Gasteiger partial charge in [-0.2, -0.15) is 0 Å². The average Bonchev–Trinajstić information content (AvgIpc) is 2.36. The molecule has 0 bridgehead atoms. The van der Waals surface area contributed by atoms with Gasteiger partial charge in [-0.3, -0.25) is 37.3 Å². The van der Waals surface area contributed by atoms with Crippen molar-refractivity contribution in [2.45, 2.75) is 369 Å². The summed E-state index contributed by atoms with van der Waals surface area (Å²) in [4.78, 5) is 72.7. The van der Waals surface area contributed by atoms with Crippen molar-refractivity contribution in [1.82, 2.24) is 0 Å². The molecule has 0 saturated heterocycles. The third-order valence-electron chi connectivity index (χ3n) is 16.5. The van der Waals surface area contributed by atoms with E-state index in [1.54, 1.807) is 0 Å². The topological polar surface area (TPSA) is 237 Å². The molecule has 3 N–H and O–H groups in total. The first kappa shape index (κ1) is 90.5. The normalized spacial score (nSPS) is 14.3. The molecule has 0 aliphatic heterocycles. The Bertz CT molecular complexity index is 1910. The van der Waals surface area contributed by atoms with Crippen molar-refractivity contribution < 1.29 is 80.2 Å². The number of hydrogen-bond donors (Lipinski definition) is 3. The number of phosphoric ester groups is 2. The third kappa shape index (κ3) is 67.9. The van der Waals surface area contributed by atoms with Crippen molar-refractivity contribution in [3.05, 3.63) is 24.3 Å². The highest BCUT2D eigenvalue weighted by molar-refractivity contribution is 7.47. The number of phosphoric acid groups is 2. The third-order valence-corrected chi connectivity index (χ3v) is 18.4. The van der Waals surface area contributed by atoms with Crippen molar-refractivity contribution in [1.29, 1.82) is 0 Å². The smallest absolute Gasteiger partial charge is 0.462 e. The predicted molar refractivity (Wildman–Crippen MR) is 377 cm³/mol. The zero-order valence-corrected chi connectivity index (χ0v) is 62.0.